The lowest BCUT2D eigenvalue weighted by Crippen LogP contribution is -2.37. The number of rotatable bonds is 4. The summed E-state index contributed by atoms with van der Waals surface area (Å²) in [6.45, 7) is 10.0. The minimum atomic E-state index is 0.483. The molecular weight excluding hydrogens is 270 g/mol. The maximum atomic E-state index is 3.71. The third-order valence-electron chi connectivity index (χ3n) is 3.88. The number of nitrogens with one attached hydrogen (secondary N) is 1. The van der Waals surface area contributed by atoms with E-state index in [2.05, 4.69) is 74.7 Å². The third-order valence-corrected chi connectivity index (χ3v) is 7.07. The zero-order valence-corrected chi connectivity index (χ0v) is 14.0. The second kappa shape index (κ2) is 7.05. The van der Waals surface area contributed by atoms with Gasteiger partial charge >= 0.3 is 0 Å². The summed E-state index contributed by atoms with van der Waals surface area (Å²) in [5.41, 5.74) is 4.25. The molecule has 1 N–H and O–H groups in total. The van der Waals surface area contributed by atoms with Gasteiger partial charge in [0.15, 0.2) is 0 Å². The van der Waals surface area contributed by atoms with Crippen LogP contribution in [0.5, 0.6) is 0 Å². The molecule has 106 valence electrons. The Balaban J connectivity index is 2.25. The molecule has 0 bridgehead atoms. The summed E-state index contributed by atoms with van der Waals surface area (Å²) in [7, 11) is 0. The average Bonchev–Trinajstić information content (AvgIpc) is 2.40. The second-order valence-corrected chi connectivity index (χ2v) is 8.06. The molecule has 0 radical (unpaired) electrons. The van der Waals surface area contributed by atoms with E-state index in [9.17, 15) is 0 Å². The first-order chi connectivity index (χ1) is 9.13. The van der Waals surface area contributed by atoms with Gasteiger partial charge < -0.3 is 5.32 Å². The summed E-state index contributed by atoms with van der Waals surface area (Å²) < 4.78 is 0. The van der Waals surface area contributed by atoms with Crippen LogP contribution in [0.1, 0.15) is 36.6 Å². The van der Waals surface area contributed by atoms with Crippen molar-refractivity contribution in [3.8, 4) is 0 Å². The van der Waals surface area contributed by atoms with Gasteiger partial charge in [-0.1, -0.05) is 32.0 Å². The molecule has 0 aromatic heterocycles. The first-order valence-corrected chi connectivity index (χ1v) is 9.27. The first-order valence-electron chi connectivity index (χ1n) is 7.17. The quantitative estimate of drug-likeness (QED) is 0.894. The number of hydrogen-bond acceptors (Lipinski definition) is 3. The predicted octanol–water partition coefficient (Wildman–Crippen LogP) is 4.19. The van der Waals surface area contributed by atoms with Crippen molar-refractivity contribution in [2.24, 2.45) is 0 Å². The van der Waals surface area contributed by atoms with Crippen LogP contribution in [0.3, 0.4) is 0 Å². The lowest BCUT2D eigenvalue weighted by molar-refractivity contribution is 0.525. The van der Waals surface area contributed by atoms with Crippen molar-refractivity contribution in [1.82, 2.24) is 5.32 Å². The van der Waals surface area contributed by atoms with Gasteiger partial charge in [-0.2, -0.15) is 23.5 Å². The van der Waals surface area contributed by atoms with Crippen molar-refractivity contribution < 1.29 is 0 Å². The normalized spacial score (nSPS) is 25.3. The van der Waals surface area contributed by atoms with Gasteiger partial charge in [0.1, 0.15) is 0 Å². The topological polar surface area (TPSA) is 12.0 Å². The molecule has 1 aliphatic rings. The lowest BCUT2D eigenvalue weighted by atomic mass is 9.97. The van der Waals surface area contributed by atoms with Crippen LogP contribution in [0.2, 0.25) is 0 Å². The highest BCUT2D eigenvalue weighted by molar-refractivity contribution is 8.07. The van der Waals surface area contributed by atoms with E-state index in [1.165, 1.54) is 28.2 Å². The summed E-state index contributed by atoms with van der Waals surface area (Å²) in [4.78, 5) is 0. The Labute approximate surface area is 126 Å². The van der Waals surface area contributed by atoms with E-state index < -0.39 is 0 Å². The zero-order valence-electron chi connectivity index (χ0n) is 12.4. The summed E-state index contributed by atoms with van der Waals surface area (Å²) in [5.74, 6) is 2.58. The molecule has 1 aromatic rings. The molecule has 3 atom stereocenters. The second-order valence-electron chi connectivity index (χ2n) is 5.29. The highest BCUT2D eigenvalue weighted by Crippen LogP contribution is 2.38. The summed E-state index contributed by atoms with van der Waals surface area (Å²) >= 11 is 4.26. The minimum absolute atomic E-state index is 0.483. The van der Waals surface area contributed by atoms with Gasteiger partial charge in [-0.15, -0.1) is 0 Å². The van der Waals surface area contributed by atoms with Gasteiger partial charge in [0.2, 0.25) is 0 Å². The monoisotopic (exact) mass is 295 g/mol. The number of aryl methyl sites for hydroxylation is 2. The summed E-state index contributed by atoms with van der Waals surface area (Å²) in [5, 5.41) is 5.12. The Bertz CT molecular complexity index is 419. The van der Waals surface area contributed by atoms with E-state index in [-0.39, 0.29) is 0 Å². The molecule has 1 saturated heterocycles. The smallest absolute Gasteiger partial charge is 0.0451 e. The molecular formula is C16H25NS2. The molecule has 0 aliphatic carbocycles. The fourth-order valence-corrected chi connectivity index (χ4v) is 5.57. The van der Waals surface area contributed by atoms with E-state index in [1.54, 1.807) is 0 Å². The van der Waals surface area contributed by atoms with Crippen LogP contribution < -0.4 is 5.32 Å². The molecule has 0 spiro atoms. The third kappa shape index (κ3) is 3.71. The van der Waals surface area contributed by atoms with E-state index in [0.29, 0.717) is 11.3 Å². The summed E-state index contributed by atoms with van der Waals surface area (Å²) in [6, 6.07) is 7.43. The minimum Gasteiger partial charge on any atom is -0.309 e. The van der Waals surface area contributed by atoms with E-state index in [4.69, 9.17) is 0 Å². The first kappa shape index (κ1) is 15.3. The van der Waals surface area contributed by atoms with Crippen molar-refractivity contribution >= 4 is 23.5 Å². The van der Waals surface area contributed by atoms with Gasteiger partial charge in [-0.05, 0) is 37.1 Å². The van der Waals surface area contributed by atoms with Crippen molar-refractivity contribution in [2.45, 2.75) is 44.2 Å². The zero-order chi connectivity index (χ0) is 13.8. The van der Waals surface area contributed by atoms with E-state index >= 15 is 0 Å². The van der Waals surface area contributed by atoms with Gasteiger partial charge in [0.05, 0.1) is 0 Å². The number of thioether (sulfide) groups is 2. The SMILES string of the molecule is CCNC(c1ccc(C)c(C)c1)C1SCCSC1C. The van der Waals surface area contributed by atoms with Gasteiger partial charge in [0, 0.05) is 28.0 Å². The van der Waals surface area contributed by atoms with Crippen molar-refractivity contribution in [3.05, 3.63) is 34.9 Å². The van der Waals surface area contributed by atoms with Crippen LogP contribution in [-0.2, 0) is 0 Å². The number of benzene rings is 1. The van der Waals surface area contributed by atoms with Crippen molar-refractivity contribution in [3.63, 3.8) is 0 Å². The Kier molecular flexibility index (Phi) is 5.67. The van der Waals surface area contributed by atoms with Crippen LogP contribution in [0, 0.1) is 13.8 Å². The van der Waals surface area contributed by atoms with Crippen LogP contribution in [0.15, 0.2) is 18.2 Å². The van der Waals surface area contributed by atoms with Gasteiger partial charge in [0.25, 0.3) is 0 Å². The van der Waals surface area contributed by atoms with Gasteiger partial charge in [-0.3, -0.25) is 0 Å². The summed E-state index contributed by atoms with van der Waals surface area (Å²) in [6.07, 6.45) is 0. The molecule has 1 aliphatic heterocycles. The Morgan fingerprint density at radius 3 is 2.58 bits per heavy atom. The largest absolute Gasteiger partial charge is 0.309 e. The standard InChI is InChI=1S/C16H25NS2/c1-5-17-15(16-13(4)18-8-9-19-16)14-7-6-11(2)12(3)10-14/h6-7,10,13,15-17H,5,8-9H2,1-4H3. The maximum absolute atomic E-state index is 3.71. The van der Waals surface area contributed by atoms with E-state index in [1.807, 2.05) is 0 Å². The molecule has 1 heterocycles. The van der Waals surface area contributed by atoms with Crippen molar-refractivity contribution in [2.75, 3.05) is 18.1 Å². The molecule has 19 heavy (non-hydrogen) atoms. The fraction of sp³-hybridized carbons (Fsp3) is 0.625. The number of hydrogen-bond donors (Lipinski definition) is 1. The Morgan fingerprint density at radius 2 is 1.95 bits per heavy atom. The predicted molar refractivity (Wildman–Crippen MR) is 90.5 cm³/mol. The molecule has 2 rings (SSSR count). The molecule has 1 nitrogen and oxygen atoms in total. The molecule has 3 unspecified atom stereocenters. The highest BCUT2D eigenvalue weighted by atomic mass is 32.2. The molecule has 1 aromatic carbocycles. The molecule has 3 heteroatoms. The van der Waals surface area contributed by atoms with E-state index in [0.717, 1.165) is 11.8 Å². The fourth-order valence-electron chi connectivity index (χ4n) is 2.62. The Hall–Kier alpha value is -0.120. The molecule has 0 saturated carbocycles. The Morgan fingerprint density at radius 1 is 1.21 bits per heavy atom. The van der Waals surface area contributed by atoms with Crippen LogP contribution in [0.25, 0.3) is 0 Å². The molecule has 0 amide bonds. The van der Waals surface area contributed by atoms with Crippen LogP contribution in [-0.4, -0.2) is 28.6 Å². The van der Waals surface area contributed by atoms with Crippen LogP contribution >= 0.6 is 23.5 Å². The highest BCUT2D eigenvalue weighted by Gasteiger charge is 2.30. The maximum Gasteiger partial charge on any atom is 0.0451 e. The van der Waals surface area contributed by atoms with Crippen LogP contribution in [0.4, 0.5) is 0 Å². The molecule has 1 fully saturated rings. The lowest BCUT2D eigenvalue weighted by Gasteiger charge is -2.35. The average molecular weight is 296 g/mol. The van der Waals surface area contributed by atoms with Gasteiger partial charge in [-0.25, -0.2) is 0 Å². The van der Waals surface area contributed by atoms with Crippen molar-refractivity contribution in [1.29, 1.82) is 0 Å².